The second-order valence-electron chi connectivity index (χ2n) is 5.15. The van der Waals surface area contributed by atoms with Gasteiger partial charge in [0.15, 0.2) is 0 Å². The van der Waals surface area contributed by atoms with Gasteiger partial charge in [-0.05, 0) is 24.3 Å². The van der Waals surface area contributed by atoms with Crippen LogP contribution in [0.2, 0.25) is 5.02 Å². The second-order valence-corrected chi connectivity index (χ2v) is 5.55. The Bertz CT molecular complexity index is 771. The highest BCUT2D eigenvalue weighted by molar-refractivity contribution is 6.33. The van der Waals surface area contributed by atoms with Gasteiger partial charge in [-0.15, -0.1) is 0 Å². The second kappa shape index (κ2) is 9.05. The monoisotopic (exact) mass is 380 g/mol. The zero-order valence-electron chi connectivity index (χ0n) is 14.3. The molecular formula is C18H18ClFN2O4. The van der Waals surface area contributed by atoms with Crippen molar-refractivity contribution in [2.75, 3.05) is 27.3 Å². The largest absolute Gasteiger partial charge is 0.496 e. The van der Waals surface area contributed by atoms with E-state index in [2.05, 4.69) is 10.6 Å². The normalized spacial score (nSPS) is 10.2. The van der Waals surface area contributed by atoms with Crippen LogP contribution in [-0.4, -0.2) is 39.1 Å². The molecule has 0 aliphatic rings. The summed E-state index contributed by atoms with van der Waals surface area (Å²) in [5.74, 6) is -1.06. The third kappa shape index (κ3) is 4.43. The molecule has 138 valence electrons. The summed E-state index contributed by atoms with van der Waals surface area (Å²) >= 11 is 5.84. The van der Waals surface area contributed by atoms with Crippen LogP contribution in [0, 0.1) is 5.82 Å². The van der Waals surface area contributed by atoms with Gasteiger partial charge >= 0.3 is 0 Å². The maximum absolute atomic E-state index is 13.7. The fourth-order valence-corrected chi connectivity index (χ4v) is 2.57. The molecule has 0 radical (unpaired) electrons. The average Bonchev–Trinajstić information content (AvgIpc) is 2.64. The molecule has 2 aromatic rings. The molecule has 2 rings (SSSR count). The third-order valence-electron chi connectivity index (χ3n) is 3.54. The zero-order chi connectivity index (χ0) is 19.1. The van der Waals surface area contributed by atoms with E-state index in [1.165, 1.54) is 26.4 Å². The molecule has 0 aliphatic carbocycles. The summed E-state index contributed by atoms with van der Waals surface area (Å²) in [5.41, 5.74) is 0.0212. The van der Waals surface area contributed by atoms with Crippen LogP contribution in [0.3, 0.4) is 0 Å². The smallest absolute Gasteiger partial charge is 0.258 e. The van der Waals surface area contributed by atoms with Crippen LogP contribution in [0.1, 0.15) is 20.7 Å². The first-order chi connectivity index (χ1) is 12.5. The number of ether oxygens (including phenoxy) is 2. The molecule has 0 saturated carbocycles. The maximum Gasteiger partial charge on any atom is 0.258 e. The summed E-state index contributed by atoms with van der Waals surface area (Å²) in [7, 11) is 2.90. The van der Waals surface area contributed by atoms with Crippen molar-refractivity contribution < 1.29 is 23.5 Å². The average molecular weight is 381 g/mol. The Balaban J connectivity index is 1.95. The van der Waals surface area contributed by atoms with Gasteiger partial charge in [0.1, 0.15) is 22.9 Å². The number of rotatable bonds is 7. The standard InChI is InChI=1S/C18H18ClFN2O4/c1-25-13-7-4-8-14(26-2)16(13)18(24)22-10-9-21-17(23)15-11(19)5-3-6-12(15)20/h3-8H,9-10H2,1-2H3,(H,21,23)(H,22,24). The van der Waals surface area contributed by atoms with Crippen molar-refractivity contribution in [1.82, 2.24) is 10.6 Å². The first-order valence-electron chi connectivity index (χ1n) is 7.71. The van der Waals surface area contributed by atoms with Crippen molar-refractivity contribution in [3.63, 3.8) is 0 Å². The molecule has 6 nitrogen and oxygen atoms in total. The Morgan fingerprint density at radius 2 is 1.42 bits per heavy atom. The molecule has 0 spiro atoms. The number of methoxy groups -OCH3 is 2. The van der Waals surface area contributed by atoms with E-state index < -0.39 is 17.6 Å². The predicted octanol–water partition coefficient (Wildman–Crippen LogP) is 2.66. The lowest BCUT2D eigenvalue weighted by Crippen LogP contribution is -2.35. The van der Waals surface area contributed by atoms with Crippen molar-refractivity contribution in [2.45, 2.75) is 0 Å². The molecule has 2 amide bonds. The van der Waals surface area contributed by atoms with Gasteiger partial charge in [-0.3, -0.25) is 9.59 Å². The van der Waals surface area contributed by atoms with Crippen molar-refractivity contribution in [1.29, 1.82) is 0 Å². The zero-order valence-corrected chi connectivity index (χ0v) is 15.0. The van der Waals surface area contributed by atoms with E-state index in [-0.39, 0.29) is 29.2 Å². The number of nitrogens with one attached hydrogen (secondary N) is 2. The van der Waals surface area contributed by atoms with E-state index in [1.807, 2.05) is 0 Å². The van der Waals surface area contributed by atoms with Gasteiger partial charge < -0.3 is 20.1 Å². The summed E-state index contributed by atoms with van der Waals surface area (Å²) < 4.78 is 24.0. The van der Waals surface area contributed by atoms with Crippen LogP contribution in [0.4, 0.5) is 4.39 Å². The molecule has 2 N–H and O–H groups in total. The molecule has 2 aromatic carbocycles. The van der Waals surface area contributed by atoms with Gasteiger partial charge in [0.2, 0.25) is 0 Å². The van der Waals surface area contributed by atoms with Crippen molar-refractivity contribution in [2.24, 2.45) is 0 Å². The van der Waals surface area contributed by atoms with Crippen molar-refractivity contribution >= 4 is 23.4 Å². The molecule has 26 heavy (non-hydrogen) atoms. The fraction of sp³-hybridized carbons (Fsp3) is 0.222. The van der Waals surface area contributed by atoms with Crippen molar-refractivity contribution in [3.8, 4) is 11.5 Å². The van der Waals surface area contributed by atoms with Crippen LogP contribution < -0.4 is 20.1 Å². The van der Waals surface area contributed by atoms with E-state index in [0.717, 1.165) is 6.07 Å². The minimum Gasteiger partial charge on any atom is -0.496 e. The summed E-state index contributed by atoms with van der Waals surface area (Å²) in [4.78, 5) is 24.4. The number of carbonyl (C=O) groups is 2. The Kier molecular flexibility index (Phi) is 6.80. The van der Waals surface area contributed by atoms with Crippen LogP contribution in [0.5, 0.6) is 11.5 Å². The Morgan fingerprint density at radius 1 is 0.923 bits per heavy atom. The van der Waals surface area contributed by atoms with Gasteiger partial charge in [0.05, 0.1) is 24.8 Å². The van der Waals surface area contributed by atoms with Gasteiger partial charge in [-0.25, -0.2) is 4.39 Å². The topological polar surface area (TPSA) is 76.7 Å². The van der Waals surface area contributed by atoms with Crippen LogP contribution in [0.15, 0.2) is 36.4 Å². The van der Waals surface area contributed by atoms with Crippen LogP contribution in [0.25, 0.3) is 0 Å². The summed E-state index contributed by atoms with van der Waals surface area (Å²) in [6.07, 6.45) is 0. The lowest BCUT2D eigenvalue weighted by molar-refractivity contribution is 0.0922. The summed E-state index contributed by atoms with van der Waals surface area (Å²) in [6.45, 7) is 0.213. The lowest BCUT2D eigenvalue weighted by atomic mass is 10.1. The molecule has 0 heterocycles. The molecule has 0 atom stereocenters. The van der Waals surface area contributed by atoms with Gasteiger partial charge in [0.25, 0.3) is 11.8 Å². The molecule has 8 heteroatoms. The highest BCUT2D eigenvalue weighted by Gasteiger charge is 2.18. The van der Waals surface area contributed by atoms with E-state index in [9.17, 15) is 14.0 Å². The minimum absolute atomic E-state index is 0.0188. The van der Waals surface area contributed by atoms with Gasteiger partial charge in [-0.2, -0.15) is 0 Å². The highest BCUT2D eigenvalue weighted by atomic mass is 35.5. The first-order valence-corrected chi connectivity index (χ1v) is 8.08. The fourth-order valence-electron chi connectivity index (χ4n) is 2.32. The molecule has 0 aromatic heterocycles. The minimum atomic E-state index is -0.710. The molecular weight excluding hydrogens is 363 g/mol. The van der Waals surface area contributed by atoms with Gasteiger partial charge in [-0.1, -0.05) is 23.7 Å². The quantitative estimate of drug-likeness (QED) is 0.724. The Morgan fingerprint density at radius 3 is 1.92 bits per heavy atom. The molecule has 0 bridgehead atoms. The van der Waals surface area contributed by atoms with E-state index >= 15 is 0 Å². The number of hydrogen-bond donors (Lipinski definition) is 2. The first kappa shape index (κ1) is 19.5. The van der Waals surface area contributed by atoms with E-state index in [4.69, 9.17) is 21.1 Å². The highest BCUT2D eigenvalue weighted by Crippen LogP contribution is 2.27. The third-order valence-corrected chi connectivity index (χ3v) is 3.86. The number of amides is 2. The molecule has 0 unspecified atom stereocenters. The molecule has 0 fully saturated rings. The Labute approximate surface area is 155 Å². The number of benzene rings is 2. The Hall–Kier alpha value is -2.80. The number of hydrogen-bond acceptors (Lipinski definition) is 4. The predicted molar refractivity (Wildman–Crippen MR) is 95.6 cm³/mol. The van der Waals surface area contributed by atoms with Crippen LogP contribution >= 0.6 is 11.6 Å². The molecule has 0 saturated heterocycles. The summed E-state index contributed by atoms with van der Waals surface area (Å²) in [6, 6.07) is 8.96. The van der Waals surface area contributed by atoms with Gasteiger partial charge in [0, 0.05) is 13.1 Å². The number of halogens is 2. The summed E-state index contributed by atoms with van der Waals surface area (Å²) in [5, 5.41) is 5.17. The number of carbonyl (C=O) groups excluding carboxylic acids is 2. The maximum atomic E-state index is 13.7. The van der Waals surface area contributed by atoms with E-state index in [0.29, 0.717) is 11.5 Å². The van der Waals surface area contributed by atoms with Crippen molar-refractivity contribution in [3.05, 3.63) is 58.4 Å². The van der Waals surface area contributed by atoms with Crippen LogP contribution in [-0.2, 0) is 0 Å². The lowest BCUT2D eigenvalue weighted by Gasteiger charge is -2.13. The molecule has 0 aliphatic heterocycles. The van der Waals surface area contributed by atoms with E-state index in [1.54, 1.807) is 18.2 Å². The SMILES string of the molecule is COc1cccc(OC)c1C(=O)NCCNC(=O)c1c(F)cccc1Cl.